The molecule has 1 heterocycles. The molecule has 2 aromatic carbocycles. The predicted molar refractivity (Wildman–Crippen MR) is 111 cm³/mol. The molecule has 29 heavy (non-hydrogen) atoms. The van der Waals surface area contributed by atoms with E-state index in [0.29, 0.717) is 15.7 Å². The molecule has 9 heteroatoms. The number of carbonyl (C=O) groups excluding carboxylic acids is 1. The summed E-state index contributed by atoms with van der Waals surface area (Å²) in [6.07, 6.45) is -4.62. The van der Waals surface area contributed by atoms with Crippen LogP contribution in [0.2, 0.25) is 0 Å². The molecule has 0 aliphatic carbocycles. The van der Waals surface area contributed by atoms with E-state index in [-0.39, 0.29) is 16.8 Å². The van der Waals surface area contributed by atoms with E-state index < -0.39 is 17.1 Å². The van der Waals surface area contributed by atoms with Crippen LogP contribution >= 0.6 is 27.7 Å². The number of nitrogens with zero attached hydrogens (tertiary/aromatic N) is 2. The predicted octanol–water partition coefficient (Wildman–Crippen LogP) is 6.04. The van der Waals surface area contributed by atoms with Crippen LogP contribution in [0.25, 0.3) is 11.3 Å². The second-order valence-corrected chi connectivity index (χ2v) is 8.18. The number of hydrogen-bond donors (Lipinski definition) is 1. The summed E-state index contributed by atoms with van der Waals surface area (Å²) in [7, 11) is 0. The topological polar surface area (TPSA) is 54.9 Å². The smallest absolute Gasteiger partial charge is 0.324 e. The Morgan fingerprint density at radius 2 is 1.72 bits per heavy atom. The van der Waals surface area contributed by atoms with Gasteiger partial charge in [-0.1, -0.05) is 54.2 Å². The van der Waals surface area contributed by atoms with Gasteiger partial charge in [-0.2, -0.15) is 13.2 Å². The van der Waals surface area contributed by atoms with Crippen LogP contribution in [0.15, 0.2) is 70.3 Å². The zero-order valence-electron chi connectivity index (χ0n) is 15.1. The first kappa shape index (κ1) is 21.3. The number of hydrogen-bond acceptors (Lipinski definition) is 4. The first-order valence-electron chi connectivity index (χ1n) is 8.48. The highest BCUT2D eigenvalue weighted by Gasteiger charge is 2.34. The van der Waals surface area contributed by atoms with E-state index in [4.69, 9.17) is 0 Å². The zero-order chi connectivity index (χ0) is 21.0. The van der Waals surface area contributed by atoms with Crippen molar-refractivity contribution in [3.8, 4) is 11.3 Å². The minimum Gasteiger partial charge on any atom is -0.324 e. The number of aromatic nitrogens is 2. The SMILES string of the molecule is C[C@H](Sc1nc(-c2ccccc2)cc(C(F)(F)F)n1)C(=O)Nc1ccccc1Br. The van der Waals surface area contributed by atoms with Crippen molar-refractivity contribution >= 4 is 39.3 Å². The maximum atomic E-state index is 13.3. The lowest BCUT2D eigenvalue weighted by atomic mass is 10.1. The van der Waals surface area contributed by atoms with Crippen LogP contribution < -0.4 is 5.32 Å². The number of benzene rings is 2. The largest absolute Gasteiger partial charge is 0.433 e. The number of amides is 1. The van der Waals surface area contributed by atoms with E-state index in [9.17, 15) is 18.0 Å². The minimum atomic E-state index is -4.62. The van der Waals surface area contributed by atoms with E-state index in [0.717, 1.165) is 17.8 Å². The van der Waals surface area contributed by atoms with Crippen LogP contribution in [0.4, 0.5) is 18.9 Å². The van der Waals surface area contributed by atoms with Gasteiger partial charge in [0.25, 0.3) is 0 Å². The summed E-state index contributed by atoms with van der Waals surface area (Å²) >= 11 is 4.20. The Balaban J connectivity index is 1.85. The average Bonchev–Trinajstić information content (AvgIpc) is 2.69. The number of rotatable bonds is 5. The molecule has 0 aliphatic heterocycles. The van der Waals surface area contributed by atoms with Crippen LogP contribution in [-0.4, -0.2) is 21.1 Å². The molecule has 0 radical (unpaired) electrons. The molecule has 1 aromatic heterocycles. The molecule has 1 N–H and O–H groups in total. The van der Waals surface area contributed by atoms with Gasteiger partial charge in [0.05, 0.1) is 16.6 Å². The van der Waals surface area contributed by atoms with Crippen molar-refractivity contribution in [2.45, 2.75) is 23.5 Å². The lowest BCUT2D eigenvalue weighted by Crippen LogP contribution is -2.23. The average molecular weight is 482 g/mol. The minimum absolute atomic E-state index is 0.117. The van der Waals surface area contributed by atoms with Crippen LogP contribution in [0, 0.1) is 0 Å². The van der Waals surface area contributed by atoms with Gasteiger partial charge in [-0.15, -0.1) is 0 Å². The molecular formula is C20H15BrF3N3OS. The Kier molecular flexibility index (Phi) is 6.59. The third kappa shape index (κ3) is 5.57. The van der Waals surface area contributed by atoms with Gasteiger partial charge >= 0.3 is 6.18 Å². The lowest BCUT2D eigenvalue weighted by Gasteiger charge is -2.14. The number of anilines is 1. The molecule has 1 amide bonds. The van der Waals surface area contributed by atoms with Gasteiger partial charge in [0.2, 0.25) is 5.91 Å². The fourth-order valence-corrected chi connectivity index (χ4v) is 3.56. The highest BCUT2D eigenvalue weighted by molar-refractivity contribution is 9.10. The highest BCUT2D eigenvalue weighted by Crippen LogP contribution is 2.33. The Hall–Kier alpha value is -2.39. The summed E-state index contributed by atoms with van der Waals surface area (Å²) in [4.78, 5) is 20.3. The normalized spacial score (nSPS) is 12.4. The van der Waals surface area contributed by atoms with E-state index in [1.54, 1.807) is 61.5 Å². The van der Waals surface area contributed by atoms with Gasteiger partial charge in [-0.3, -0.25) is 4.79 Å². The van der Waals surface area contributed by atoms with Crippen LogP contribution in [0.3, 0.4) is 0 Å². The van der Waals surface area contributed by atoms with Crippen molar-refractivity contribution in [3.05, 3.63) is 70.8 Å². The Labute approximate surface area is 178 Å². The van der Waals surface area contributed by atoms with Crippen LogP contribution in [0.5, 0.6) is 0 Å². The summed E-state index contributed by atoms with van der Waals surface area (Å²) in [5, 5.41) is 1.91. The van der Waals surface area contributed by atoms with E-state index in [1.807, 2.05) is 0 Å². The second-order valence-electron chi connectivity index (χ2n) is 6.01. The third-order valence-electron chi connectivity index (χ3n) is 3.85. The number of nitrogens with one attached hydrogen (secondary N) is 1. The summed E-state index contributed by atoms with van der Waals surface area (Å²) in [5.74, 6) is -0.371. The maximum absolute atomic E-state index is 13.3. The summed E-state index contributed by atoms with van der Waals surface area (Å²) < 4.78 is 40.6. The van der Waals surface area contributed by atoms with E-state index >= 15 is 0 Å². The Morgan fingerprint density at radius 1 is 1.07 bits per heavy atom. The number of carbonyl (C=O) groups is 1. The molecule has 0 spiro atoms. The molecule has 150 valence electrons. The molecule has 0 saturated carbocycles. The molecule has 4 nitrogen and oxygen atoms in total. The molecule has 3 aromatic rings. The van der Waals surface area contributed by atoms with Gasteiger partial charge < -0.3 is 5.32 Å². The van der Waals surface area contributed by atoms with E-state index in [1.165, 1.54) is 0 Å². The van der Waals surface area contributed by atoms with E-state index in [2.05, 4.69) is 31.2 Å². The fourth-order valence-electron chi connectivity index (χ4n) is 2.39. The number of halogens is 4. The fraction of sp³-hybridized carbons (Fsp3) is 0.150. The van der Waals surface area contributed by atoms with Gasteiger partial charge in [0.15, 0.2) is 5.16 Å². The highest BCUT2D eigenvalue weighted by atomic mass is 79.9. The second kappa shape index (κ2) is 8.96. The van der Waals surface area contributed by atoms with Crippen molar-refractivity contribution in [2.24, 2.45) is 0 Å². The zero-order valence-corrected chi connectivity index (χ0v) is 17.5. The Bertz CT molecular complexity index is 1020. The van der Waals surface area contributed by atoms with Crippen LogP contribution in [0.1, 0.15) is 12.6 Å². The molecule has 0 saturated heterocycles. The van der Waals surface area contributed by atoms with Gasteiger partial charge in [-0.05, 0) is 41.1 Å². The summed E-state index contributed by atoms with van der Waals surface area (Å²) in [6, 6.07) is 16.5. The number of para-hydroxylation sites is 1. The molecule has 0 unspecified atom stereocenters. The summed E-state index contributed by atoms with van der Waals surface area (Å²) in [5.41, 5.74) is 0.202. The molecule has 1 atom stereocenters. The Morgan fingerprint density at radius 3 is 2.38 bits per heavy atom. The molecule has 0 bridgehead atoms. The van der Waals surface area contributed by atoms with Gasteiger partial charge in [0.1, 0.15) is 5.69 Å². The van der Waals surface area contributed by atoms with Crippen molar-refractivity contribution in [1.82, 2.24) is 9.97 Å². The third-order valence-corrected chi connectivity index (χ3v) is 5.50. The molecule has 3 rings (SSSR count). The molecule has 0 aliphatic rings. The number of alkyl halides is 3. The van der Waals surface area contributed by atoms with Crippen molar-refractivity contribution < 1.29 is 18.0 Å². The maximum Gasteiger partial charge on any atom is 0.433 e. The first-order valence-corrected chi connectivity index (χ1v) is 10.1. The van der Waals surface area contributed by atoms with Gasteiger partial charge in [-0.25, -0.2) is 9.97 Å². The van der Waals surface area contributed by atoms with Crippen molar-refractivity contribution in [3.63, 3.8) is 0 Å². The summed E-state index contributed by atoms with van der Waals surface area (Å²) in [6.45, 7) is 1.59. The van der Waals surface area contributed by atoms with Crippen molar-refractivity contribution in [1.29, 1.82) is 0 Å². The molecule has 0 fully saturated rings. The first-order chi connectivity index (χ1) is 13.7. The van der Waals surface area contributed by atoms with Crippen molar-refractivity contribution in [2.75, 3.05) is 5.32 Å². The standard InChI is InChI=1S/C20H15BrF3N3OS/c1-12(18(28)25-15-10-6-5-9-14(15)21)29-19-26-16(13-7-3-2-4-8-13)11-17(27-19)20(22,23)24/h2-12H,1H3,(H,25,28)/t12-/m0/s1. The monoisotopic (exact) mass is 481 g/mol. The van der Waals surface area contributed by atoms with Crippen LogP contribution in [-0.2, 0) is 11.0 Å². The van der Waals surface area contributed by atoms with Gasteiger partial charge in [0, 0.05) is 10.0 Å². The quantitative estimate of drug-likeness (QED) is 0.356. The lowest BCUT2D eigenvalue weighted by molar-refractivity contribution is -0.141. The number of thioether (sulfide) groups is 1. The molecular weight excluding hydrogens is 467 g/mol.